The molecule has 0 atom stereocenters. The van der Waals surface area contributed by atoms with Gasteiger partial charge in [0.05, 0.1) is 0 Å². The van der Waals surface area contributed by atoms with Crippen molar-refractivity contribution in [2.24, 2.45) is 0 Å². The van der Waals surface area contributed by atoms with E-state index in [2.05, 4.69) is 27.8 Å². The first-order chi connectivity index (χ1) is 3.15. The van der Waals surface area contributed by atoms with E-state index < -0.39 is 6.51 Å². The highest BCUT2D eigenvalue weighted by Crippen LogP contribution is 2.31. The monoisotopic (exact) mass is 163 g/mol. The van der Waals surface area contributed by atoms with Gasteiger partial charge in [0.2, 0.25) is 6.51 Å². The fraction of sp³-hybridized carbons (Fsp3) is 1.00. The Balaban J connectivity index is 0. The minimum absolute atomic E-state index is 1.88. The zero-order valence-corrected chi connectivity index (χ0v) is 6.68. The minimum Gasteiger partial charge on any atom is -0.323 e. The largest absolute Gasteiger partial charge is 0.323 e. The summed E-state index contributed by atoms with van der Waals surface area (Å²) in [7, 11) is 3.75. The Kier molecular flexibility index (Phi) is 15.1. The molecular weight excluding hydrogens is 156 g/mol. The quantitative estimate of drug-likeness (QED) is 0.552. The molecule has 0 aliphatic carbocycles. The molecule has 0 spiro atoms. The molecule has 0 saturated carbocycles. The van der Waals surface area contributed by atoms with Gasteiger partial charge in [0.25, 0.3) is 0 Å². The van der Waals surface area contributed by atoms with Crippen molar-refractivity contribution in [1.29, 1.82) is 0 Å². The van der Waals surface area contributed by atoms with Gasteiger partial charge in [0, 0.05) is 0 Å². The van der Waals surface area contributed by atoms with E-state index in [0.717, 1.165) is 0 Å². The summed E-state index contributed by atoms with van der Waals surface area (Å²) in [6, 6.07) is 0. The van der Waals surface area contributed by atoms with Crippen molar-refractivity contribution in [3.63, 3.8) is 0 Å². The molecule has 0 aromatic rings. The van der Waals surface area contributed by atoms with Crippen molar-refractivity contribution in [2.75, 3.05) is 14.1 Å². The normalized spacial score (nSPS) is 7.57. The Morgan fingerprint density at radius 3 is 1.43 bits per heavy atom. The van der Waals surface area contributed by atoms with Gasteiger partial charge in [-0.3, -0.25) is 4.57 Å². The van der Waals surface area contributed by atoms with Crippen LogP contribution < -0.4 is 5.32 Å². The molecule has 0 unspecified atom stereocenters. The van der Waals surface area contributed by atoms with Crippen molar-refractivity contribution in [2.45, 2.75) is 0 Å². The van der Waals surface area contributed by atoms with Crippen LogP contribution in [0.25, 0.3) is 0 Å². The lowest BCUT2D eigenvalue weighted by Crippen LogP contribution is -1.89. The van der Waals surface area contributed by atoms with Crippen LogP contribution in [0.4, 0.5) is 0 Å². The second-order valence-electron chi connectivity index (χ2n) is 0.726. The number of hydrogen-bond donors (Lipinski definition) is 1. The number of hydrogen-bond acceptors (Lipinski definition) is 2. The molecule has 7 heavy (non-hydrogen) atoms. The highest BCUT2D eigenvalue weighted by molar-refractivity contribution is 7.95. The zero-order valence-electron chi connectivity index (χ0n) is 4.16. The SMILES string of the molecule is CNC.O=[PH](Cl)Cl. The molecule has 0 bridgehead atoms. The summed E-state index contributed by atoms with van der Waals surface area (Å²) in [6.45, 7) is -2.19. The molecule has 0 radical (unpaired) electrons. The molecule has 0 saturated heterocycles. The lowest BCUT2D eigenvalue weighted by molar-refractivity contribution is 0.602. The first-order valence-corrected chi connectivity index (χ1v) is 5.01. The van der Waals surface area contributed by atoms with Crippen LogP contribution in [0.2, 0.25) is 0 Å². The summed E-state index contributed by atoms with van der Waals surface area (Å²) in [5, 5.41) is 2.75. The number of halogens is 2. The maximum atomic E-state index is 9.16. The van der Waals surface area contributed by atoms with Gasteiger partial charge in [-0.2, -0.15) is 0 Å². The third-order valence-electron chi connectivity index (χ3n) is 0. The van der Waals surface area contributed by atoms with E-state index >= 15 is 0 Å². The topological polar surface area (TPSA) is 29.1 Å². The second kappa shape index (κ2) is 9.91. The average molecular weight is 164 g/mol. The number of rotatable bonds is 0. The first-order valence-electron chi connectivity index (χ1n) is 1.58. The van der Waals surface area contributed by atoms with Gasteiger partial charge in [-0.15, -0.1) is 0 Å². The Morgan fingerprint density at radius 2 is 1.43 bits per heavy atom. The smallest absolute Gasteiger partial charge is 0.241 e. The van der Waals surface area contributed by atoms with Gasteiger partial charge in [0.15, 0.2) is 0 Å². The van der Waals surface area contributed by atoms with Gasteiger partial charge >= 0.3 is 0 Å². The molecule has 0 aromatic heterocycles. The van der Waals surface area contributed by atoms with Crippen LogP contribution >= 0.6 is 29.0 Å². The molecule has 0 aliphatic heterocycles. The summed E-state index contributed by atoms with van der Waals surface area (Å²) in [5.41, 5.74) is 0. The van der Waals surface area contributed by atoms with E-state index in [-0.39, 0.29) is 0 Å². The van der Waals surface area contributed by atoms with Crippen LogP contribution in [-0.2, 0) is 4.57 Å². The van der Waals surface area contributed by atoms with Crippen LogP contribution in [-0.4, -0.2) is 14.1 Å². The summed E-state index contributed by atoms with van der Waals surface area (Å²) < 4.78 is 9.16. The van der Waals surface area contributed by atoms with E-state index in [9.17, 15) is 0 Å². The molecule has 1 N–H and O–H groups in total. The Morgan fingerprint density at radius 1 is 1.43 bits per heavy atom. The van der Waals surface area contributed by atoms with E-state index in [1.165, 1.54) is 0 Å². The summed E-state index contributed by atoms with van der Waals surface area (Å²) in [4.78, 5) is 0. The highest BCUT2D eigenvalue weighted by atomic mass is 35.9. The van der Waals surface area contributed by atoms with Crippen LogP contribution in [0, 0.1) is 0 Å². The van der Waals surface area contributed by atoms with Gasteiger partial charge in [0.1, 0.15) is 0 Å². The molecule has 0 amide bonds. The Bertz CT molecular complexity index is 47.0. The Labute approximate surface area is 53.6 Å². The summed E-state index contributed by atoms with van der Waals surface area (Å²) >= 11 is 9.17. The van der Waals surface area contributed by atoms with Gasteiger partial charge in [-0.05, 0) is 36.6 Å². The maximum absolute atomic E-state index is 9.16. The molecule has 0 aliphatic rings. The summed E-state index contributed by atoms with van der Waals surface area (Å²) in [5.74, 6) is 0. The molecule has 0 rings (SSSR count). The van der Waals surface area contributed by atoms with Crippen molar-refractivity contribution < 1.29 is 4.57 Å². The fourth-order valence-corrected chi connectivity index (χ4v) is 0. The molecule has 5 heteroatoms. The standard InChI is InChI=1S/C2H7N.Cl2HOP/c1-3-2;1-4(2)3/h3H,1-2H3;4H. The molecule has 2 nitrogen and oxygen atoms in total. The Hall–Kier alpha value is 0.770. The average Bonchev–Trinajstić information content (AvgIpc) is 1.33. The van der Waals surface area contributed by atoms with E-state index in [1.807, 2.05) is 14.1 Å². The van der Waals surface area contributed by atoms with Gasteiger partial charge in [-0.25, -0.2) is 0 Å². The second-order valence-corrected chi connectivity index (χ2v) is 3.82. The minimum atomic E-state index is -2.19. The van der Waals surface area contributed by atoms with Crippen molar-refractivity contribution in [3.8, 4) is 0 Å². The third kappa shape index (κ3) is 260. The molecule has 0 heterocycles. The van der Waals surface area contributed by atoms with Crippen molar-refractivity contribution >= 4 is 29.0 Å². The van der Waals surface area contributed by atoms with Crippen molar-refractivity contribution in [3.05, 3.63) is 0 Å². The predicted molar refractivity (Wildman–Crippen MR) is 35.7 cm³/mol. The first kappa shape index (κ1) is 10.7. The highest BCUT2D eigenvalue weighted by Gasteiger charge is 1.67. The molecule has 0 aromatic carbocycles. The van der Waals surface area contributed by atoms with E-state index in [4.69, 9.17) is 4.57 Å². The van der Waals surface area contributed by atoms with Crippen LogP contribution in [0.15, 0.2) is 0 Å². The lowest BCUT2D eigenvalue weighted by Gasteiger charge is -1.59. The van der Waals surface area contributed by atoms with E-state index in [0.29, 0.717) is 0 Å². The fourth-order valence-electron chi connectivity index (χ4n) is 0. The van der Waals surface area contributed by atoms with Crippen molar-refractivity contribution in [1.82, 2.24) is 5.32 Å². The number of nitrogens with one attached hydrogen (secondary N) is 1. The predicted octanol–water partition coefficient (Wildman–Crippen LogP) is 1.69. The zero-order chi connectivity index (χ0) is 6.28. The third-order valence-corrected chi connectivity index (χ3v) is 0. The van der Waals surface area contributed by atoms with Crippen LogP contribution in [0.5, 0.6) is 0 Å². The van der Waals surface area contributed by atoms with Crippen LogP contribution in [0.1, 0.15) is 0 Å². The van der Waals surface area contributed by atoms with Gasteiger partial charge < -0.3 is 5.32 Å². The van der Waals surface area contributed by atoms with Gasteiger partial charge in [-0.1, -0.05) is 0 Å². The molecule has 46 valence electrons. The summed E-state index contributed by atoms with van der Waals surface area (Å²) in [6.07, 6.45) is 0. The maximum Gasteiger partial charge on any atom is 0.241 e. The van der Waals surface area contributed by atoms with E-state index in [1.54, 1.807) is 0 Å². The molecule has 0 fully saturated rings. The lowest BCUT2D eigenvalue weighted by atomic mass is 11.3. The molecular formula is C2H8Cl2NOP. The van der Waals surface area contributed by atoms with Crippen LogP contribution in [0.3, 0.4) is 0 Å².